The van der Waals surface area contributed by atoms with Gasteiger partial charge in [-0.3, -0.25) is 0 Å². The lowest BCUT2D eigenvalue weighted by atomic mass is 10.2. The number of anilines is 1. The van der Waals surface area contributed by atoms with Crippen molar-refractivity contribution in [2.24, 2.45) is 0 Å². The lowest BCUT2D eigenvalue weighted by Gasteiger charge is -2.13. The smallest absolute Gasteiger partial charge is 0.186 e. The zero-order valence-electron chi connectivity index (χ0n) is 8.47. The van der Waals surface area contributed by atoms with E-state index in [0.29, 0.717) is 17.9 Å². The molecular formula is C10H14FN3. The minimum absolute atomic E-state index is 0.0558. The van der Waals surface area contributed by atoms with Gasteiger partial charge in [-0.2, -0.15) is 0 Å². The summed E-state index contributed by atoms with van der Waals surface area (Å²) in [5, 5.41) is 3.11. The summed E-state index contributed by atoms with van der Waals surface area (Å²) >= 11 is 0. The van der Waals surface area contributed by atoms with E-state index in [4.69, 9.17) is 0 Å². The predicted molar refractivity (Wildman–Crippen MR) is 52.6 cm³/mol. The second kappa shape index (κ2) is 3.19. The van der Waals surface area contributed by atoms with Crippen molar-refractivity contribution in [1.82, 2.24) is 9.97 Å². The Morgan fingerprint density at radius 3 is 2.79 bits per heavy atom. The minimum Gasteiger partial charge on any atom is -0.362 e. The number of nitrogens with one attached hydrogen (secondary N) is 1. The second-order valence-corrected chi connectivity index (χ2v) is 4.02. The van der Waals surface area contributed by atoms with Gasteiger partial charge in [-0.15, -0.1) is 0 Å². The third kappa shape index (κ3) is 1.69. The van der Waals surface area contributed by atoms with Crippen LogP contribution in [0.4, 0.5) is 10.2 Å². The number of rotatable bonds is 3. The fourth-order valence-electron chi connectivity index (χ4n) is 1.34. The molecule has 1 N–H and O–H groups in total. The van der Waals surface area contributed by atoms with Crippen LogP contribution < -0.4 is 5.32 Å². The van der Waals surface area contributed by atoms with Crippen LogP contribution in [0.1, 0.15) is 32.4 Å². The summed E-state index contributed by atoms with van der Waals surface area (Å²) < 4.78 is 13.6. The first-order chi connectivity index (χ1) is 6.64. The predicted octanol–water partition coefficient (Wildman–Crippen LogP) is 2.14. The van der Waals surface area contributed by atoms with Crippen molar-refractivity contribution in [2.75, 3.05) is 5.32 Å². The Kier molecular flexibility index (Phi) is 2.13. The van der Waals surface area contributed by atoms with E-state index >= 15 is 0 Å². The van der Waals surface area contributed by atoms with Crippen molar-refractivity contribution in [1.29, 1.82) is 0 Å². The topological polar surface area (TPSA) is 37.8 Å². The van der Waals surface area contributed by atoms with E-state index < -0.39 is 0 Å². The van der Waals surface area contributed by atoms with E-state index in [2.05, 4.69) is 22.2 Å². The molecule has 1 aliphatic carbocycles. The Balaban J connectivity index is 2.24. The molecule has 14 heavy (non-hydrogen) atoms. The van der Waals surface area contributed by atoms with Crippen molar-refractivity contribution in [3.63, 3.8) is 0 Å². The third-order valence-electron chi connectivity index (χ3n) is 2.62. The van der Waals surface area contributed by atoms with Gasteiger partial charge in [-0.05, 0) is 26.2 Å². The number of aryl methyl sites for hydroxylation is 1. The van der Waals surface area contributed by atoms with Crippen molar-refractivity contribution < 1.29 is 4.39 Å². The molecule has 1 fully saturated rings. The first kappa shape index (κ1) is 9.37. The van der Waals surface area contributed by atoms with Crippen LogP contribution in [-0.4, -0.2) is 15.5 Å². The van der Waals surface area contributed by atoms with Gasteiger partial charge in [0.2, 0.25) is 0 Å². The van der Waals surface area contributed by atoms with Crippen LogP contribution in [0.25, 0.3) is 0 Å². The maximum absolute atomic E-state index is 13.6. The summed E-state index contributed by atoms with van der Waals surface area (Å²) in [4.78, 5) is 7.80. The molecular weight excluding hydrogens is 181 g/mol. The molecule has 0 spiro atoms. The van der Waals surface area contributed by atoms with Crippen molar-refractivity contribution >= 4 is 5.82 Å². The van der Waals surface area contributed by atoms with Crippen LogP contribution in [0.2, 0.25) is 0 Å². The van der Waals surface area contributed by atoms with Crippen molar-refractivity contribution in [3.05, 3.63) is 17.8 Å². The maximum Gasteiger partial charge on any atom is 0.186 e. The highest BCUT2D eigenvalue weighted by Crippen LogP contribution is 2.38. The normalized spacial score (nSPS) is 17.9. The third-order valence-corrected chi connectivity index (χ3v) is 2.62. The lowest BCUT2D eigenvalue weighted by Crippen LogP contribution is -2.18. The lowest BCUT2D eigenvalue weighted by molar-refractivity contribution is 0.592. The summed E-state index contributed by atoms with van der Waals surface area (Å²) in [5.41, 5.74) is 0.534. The Bertz CT molecular complexity index is 347. The van der Waals surface area contributed by atoms with Gasteiger partial charge in [0.15, 0.2) is 11.6 Å². The van der Waals surface area contributed by atoms with Gasteiger partial charge in [-0.25, -0.2) is 14.4 Å². The van der Waals surface area contributed by atoms with Gasteiger partial charge in [0.05, 0.1) is 5.69 Å². The summed E-state index contributed by atoms with van der Waals surface area (Å²) in [6, 6.07) is 0. The Labute approximate surface area is 82.8 Å². The van der Waals surface area contributed by atoms with Crippen molar-refractivity contribution in [2.45, 2.75) is 38.6 Å². The molecule has 0 aliphatic heterocycles. The van der Waals surface area contributed by atoms with E-state index in [9.17, 15) is 4.39 Å². The molecule has 0 saturated heterocycles. The number of hydrogen-bond donors (Lipinski definition) is 1. The monoisotopic (exact) mass is 195 g/mol. The molecule has 0 unspecified atom stereocenters. The van der Waals surface area contributed by atoms with Crippen LogP contribution in [0.3, 0.4) is 0 Å². The van der Waals surface area contributed by atoms with E-state index in [0.717, 1.165) is 12.8 Å². The maximum atomic E-state index is 13.6. The Hall–Kier alpha value is -1.19. The molecule has 1 aromatic heterocycles. The van der Waals surface area contributed by atoms with Crippen LogP contribution >= 0.6 is 0 Å². The number of hydrogen-bond acceptors (Lipinski definition) is 3. The first-order valence-electron chi connectivity index (χ1n) is 4.92. The highest BCUT2D eigenvalue weighted by molar-refractivity contribution is 5.42. The van der Waals surface area contributed by atoms with Gasteiger partial charge < -0.3 is 5.32 Å². The number of aromatic nitrogens is 2. The zero-order chi connectivity index (χ0) is 10.2. The highest BCUT2D eigenvalue weighted by Gasteiger charge is 2.38. The van der Waals surface area contributed by atoms with Gasteiger partial charge in [-0.1, -0.05) is 6.92 Å². The SMILES string of the molecule is CCc1ncnc(NC2(C)CC2)c1F. The van der Waals surface area contributed by atoms with E-state index in [-0.39, 0.29) is 11.4 Å². The largest absolute Gasteiger partial charge is 0.362 e. The quantitative estimate of drug-likeness (QED) is 0.803. The Morgan fingerprint density at radius 1 is 1.50 bits per heavy atom. The Morgan fingerprint density at radius 2 is 2.21 bits per heavy atom. The first-order valence-corrected chi connectivity index (χ1v) is 4.92. The summed E-state index contributed by atoms with van der Waals surface area (Å²) in [6.45, 7) is 3.95. The summed E-state index contributed by atoms with van der Waals surface area (Å²) in [5.74, 6) is 0.0416. The zero-order valence-corrected chi connectivity index (χ0v) is 8.47. The van der Waals surface area contributed by atoms with Crippen LogP contribution in [0.5, 0.6) is 0 Å². The molecule has 0 bridgehead atoms. The van der Waals surface area contributed by atoms with Gasteiger partial charge >= 0.3 is 0 Å². The molecule has 3 nitrogen and oxygen atoms in total. The number of nitrogens with zero attached hydrogens (tertiary/aromatic N) is 2. The molecule has 0 atom stereocenters. The molecule has 0 radical (unpaired) electrons. The highest BCUT2D eigenvalue weighted by atomic mass is 19.1. The van der Waals surface area contributed by atoms with Gasteiger partial charge in [0.25, 0.3) is 0 Å². The van der Waals surface area contributed by atoms with Gasteiger partial charge in [0, 0.05) is 5.54 Å². The molecule has 76 valence electrons. The minimum atomic E-state index is -0.303. The summed E-state index contributed by atoms with van der Waals surface area (Å²) in [7, 11) is 0. The molecule has 4 heteroatoms. The fourth-order valence-corrected chi connectivity index (χ4v) is 1.34. The van der Waals surface area contributed by atoms with Crippen LogP contribution in [0.15, 0.2) is 6.33 Å². The summed E-state index contributed by atoms with van der Waals surface area (Å²) in [6.07, 6.45) is 4.17. The molecule has 1 aromatic rings. The molecule has 1 aliphatic rings. The number of halogens is 1. The molecule has 0 amide bonds. The molecule has 1 saturated carbocycles. The second-order valence-electron chi connectivity index (χ2n) is 4.02. The van der Waals surface area contributed by atoms with Crippen molar-refractivity contribution in [3.8, 4) is 0 Å². The van der Waals surface area contributed by atoms with E-state index in [1.165, 1.54) is 6.33 Å². The molecule has 0 aromatic carbocycles. The van der Waals surface area contributed by atoms with E-state index in [1.54, 1.807) is 0 Å². The molecule has 2 rings (SSSR count). The van der Waals surface area contributed by atoms with Crippen LogP contribution in [0, 0.1) is 5.82 Å². The molecule has 1 heterocycles. The fraction of sp³-hybridized carbons (Fsp3) is 0.600. The standard InChI is InChI=1S/C10H14FN3/c1-3-7-8(11)9(13-6-12-7)14-10(2)4-5-10/h6H,3-5H2,1-2H3,(H,12,13,14). The van der Waals surface area contributed by atoms with E-state index in [1.807, 2.05) is 6.92 Å². The van der Waals surface area contributed by atoms with Crippen LogP contribution in [-0.2, 0) is 6.42 Å². The average Bonchev–Trinajstić information content (AvgIpc) is 2.88. The average molecular weight is 195 g/mol. The van der Waals surface area contributed by atoms with Gasteiger partial charge in [0.1, 0.15) is 6.33 Å².